The van der Waals surface area contributed by atoms with Gasteiger partial charge in [-0.2, -0.15) is 0 Å². The van der Waals surface area contributed by atoms with Crippen LogP contribution in [0.4, 0.5) is 4.79 Å². The van der Waals surface area contributed by atoms with Crippen LogP contribution in [0.25, 0.3) is 11.3 Å². The van der Waals surface area contributed by atoms with Crippen molar-refractivity contribution < 1.29 is 23.3 Å². The van der Waals surface area contributed by atoms with Gasteiger partial charge in [0.15, 0.2) is 5.76 Å². The molecule has 4 rings (SSSR count). The van der Waals surface area contributed by atoms with Crippen LogP contribution >= 0.6 is 0 Å². The summed E-state index contributed by atoms with van der Waals surface area (Å²) in [4.78, 5) is 38.4. The van der Waals surface area contributed by atoms with Crippen LogP contribution in [-0.4, -0.2) is 32.8 Å². The smallest absolute Gasteiger partial charge is 0.335 e. The quantitative estimate of drug-likeness (QED) is 0.517. The third kappa shape index (κ3) is 2.77. The van der Waals surface area contributed by atoms with E-state index in [1.807, 2.05) is 30.3 Å². The van der Waals surface area contributed by atoms with Gasteiger partial charge in [-0.25, -0.2) is 14.6 Å². The van der Waals surface area contributed by atoms with Crippen molar-refractivity contribution in [2.24, 2.45) is 0 Å². The van der Waals surface area contributed by atoms with Crippen LogP contribution < -0.4 is 0 Å². The fourth-order valence-corrected chi connectivity index (χ4v) is 2.67. The van der Waals surface area contributed by atoms with E-state index in [0.29, 0.717) is 17.2 Å². The number of carbonyl (C=O) groups is 3. The predicted molar refractivity (Wildman–Crippen MR) is 87.1 cm³/mol. The number of furan rings is 1. The average molecular weight is 351 g/mol. The largest absolute Gasteiger partial charge is 0.467 e. The number of urea groups is 1. The highest BCUT2D eigenvalue weighted by Crippen LogP contribution is 2.23. The van der Waals surface area contributed by atoms with Crippen LogP contribution in [-0.2, 0) is 22.7 Å². The van der Waals surface area contributed by atoms with Crippen molar-refractivity contribution >= 4 is 17.8 Å². The lowest BCUT2D eigenvalue weighted by molar-refractivity contribution is -0.143. The molecule has 3 aromatic rings. The Morgan fingerprint density at radius 1 is 0.885 bits per heavy atom. The predicted octanol–water partition coefficient (Wildman–Crippen LogP) is 2.43. The molecular weight excluding hydrogens is 338 g/mol. The first-order valence-corrected chi connectivity index (χ1v) is 7.84. The molecular formula is C18H13N3O5. The molecule has 0 N–H and O–H groups in total. The normalized spacial score (nSPS) is 14.5. The third-order valence-electron chi connectivity index (χ3n) is 3.97. The van der Waals surface area contributed by atoms with E-state index < -0.39 is 17.8 Å². The van der Waals surface area contributed by atoms with Gasteiger partial charge in [0.2, 0.25) is 0 Å². The van der Waals surface area contributed by atoms with Crippen LogP contribution in [0, 0.1) is 0 Å². The van der Waals surface area contributed by atoms with E-state index in [0.717, 1.165) is 15.4 Å². The Morgan fingerprint density at radius 2 is 1.62 bits per heavy atom. The van der Waals surface area contributed by atoms with Gasteiger partial charge < -0.3 is 8.94 Å². The lowest BCUT2D eigenvalue weighted by Crippen LogP contribution is -2.32. The van der Waals surface area contributed by atoms with Crippen molar-refractivity contribution in [1.29, 1.82) is 0 Å². The first-order chi connectivity index (χ1) is 12.6. The van der Waals surface area contributed by atoms with Crippen LogP contribution in [0.1, 0.15) is 11.5 Å². The summed E-state index contributed by atoms with van der Waals surface area (Å²) in [6, 6.07) is 13.5. The average Bonchev–Trinajstić information content (AvgIpc) is 3.38. The van der Waals surface area contributed by atoms with Gasteiger partial charge in [0.25, 0.3) is 0 Å². The molecule has 0 bridgehead atoms. The molecule has 26 heavy (non-hydrogen) atoms. The summed E-state index contributed by atoms with van der Waals surface area (Å²) < 4.78 is 10.4. The van der Waals surface area contributed by atoms with Gasteiger partial charge in [-0.3, -0.25) is 9.59 Å². The second-order valence-electron chi connectivity index (χ2n) is 5.69. The molecule has 1 aliphatic rings. The molecule has 0 saturated carbocycles. The number of carbonyl (C=O) groups excluding carboxylic acids is 3. The number of amides is 4. The molecule has 3 heterocycles. The molecule has 8 nitrogen and oxygen atoms in total. The molecule has 1 aromatic carbocycles. The maximum atomic E-state index is 12.4. The van der Waals surface area contributed by atoms with E-state index >= 15 is 0 Å². The number of imide groups is 2. The summed E-state index contributed by atoms with van der Waals surface area (Å²) in [5, 5.41) is 3.88. The molecule has 1 saturated heterocycles. The second-order valence-corrected chi connectivity index (χ2v) is 5.69. The zero-order valence-electron chi connectivity index (χ0n) is 13.5. The van der Waals surface area contributed by atoms with E-state index in [1.165, 1.54) is 6.26 Å². The molecule has 1 fully saturated rings. The van der Waals surface area contributed by atoms with E-state index in [2.05, 4.69) is 5.16 Å². The molecule has 0 radical (unpaired) electrons. The lowest BCUT2D eigenvalue weighted by Gasteiger charge is -2.13. The van der Waals surface area contributed by atoms with Crippen LogP contribution in [0.2, 0.25) is 0 Å². The van der Waals surface area contributed by atoms with E-state index in [1.54, 1.807) is 18.2 Å². The highest BCUT2D eigenvalue weighted by Gasteiger charge is 2.45. The Hall–Kier alpha value is -3.68. The minimum atomic E-state index is -0.897. The second kappa shape index (κ2) is 6.32. The summed E-state index contributed by atoms with van der Waals surface area (Å²) in [7, 11) is 0. The number of aromatic nitrogens is 1. The summed E-state index contributed by atoms with van der Waals surface area (Å²) in [5.41, 5.74) is 1.19. The monoisotopic (exact) mass is 351 g/mol. The first kappa shape index (κ1) is 15.8. The van der Waals surface area contributed by atoms with Crippen molar-refractivity contribution in [3.05, 3.63) is 66.2 Å². The fraction of sp³-hybridized carbons (Fsp3) is 0.111. The zero-order chi connectivity index (χ0) is 18.1. The van der Waals surface area contributed by atoms with Crippen molar-refractivity contribution in [3.63, 3.8) is 0 Å². The van der Waals surface area contributed by atoms with E-state index in [9.17, 15) is 14.4 Å². The molecule has 0 spiro atoms. The van der Waals surface area contributed by atoms with Gasteiger partial charge in [0.1, 0.15) is 11.5 Å². The van der Waals surface area contributed by atoms with Crippen LogP contribution in [0.15, 0.2) is 63.7 Å². The van der Waals surface area contributed by atoms with Gasteiger partial charge >= 0.3 is 17.8 Å². The Balaban J connectivity index is 1.51. The maximum absolute atomic E-state index is 12.4. The Labute approximate surface area is 147 Å². The van der Waals surface area contributed by atoms with Gasteiger partial charge in [0, 0.05) is 11.6 Å². The number of hydrogen-bond donors (Lipinski definition) is 0. The summed E-state index contributed by atoms with van der Waals surface area (Å²) in [6.45, 7) is -0.241. The minimum absolute atomic E-state index is 0.0962. The molecule has 2 aromatic heterocycles. The highest BCUT2D eigenvalue weighted by atomic mass is 16.5. The highest BCUT2D eigenvalue weighted by molar-refractivity contribution is 6.44. The number of benzene rings is 1. The van der Waals surface area contributed by atoms with Gasteiger partial charge in [-0.1, -0.05) is 35.5 Å². The van der Waals surface area contributed by atoms with E-state index in [-0.39, 0.29) is 13.1 Å². The van der Waals surface area contributed by atoms with Gasteiger partial charge in [0.05, 0.1) is 19.4 Å². The standard InChI is InChI=1S/C18H13N3O5/c22-16-17(23)21(11-14-7-4-8-25-14)18(24)20(16)10-13-9-15(26-19-13)12-5-2-1-3-6-12/h1-9H,10-11H2. The summed E-state index contributed by atoms with van der Waals surface area (Å²) >= 11 is 0. The Bertz CT molecular complexity index is 962. The lowest BCUT2D eigenvalue weighted by atomic mass is 10.1. The Kier molecular flexibility index (Phi) is 3.85. The Morgan fingerprint density at radius 3 is 2.31 bits per heavy atom. The van der Waals surface area contributed by atoms with Crippen molar-refractivity contribution in [1.82, 2.24) is 15.0 Å². The number of hydrogen-bond acceptors (Lipinski definition) is 6. The first-order valence-electron chi connectivity index (χ1n) is 7.84. The van der Waals surface area contributed by atoms with Crippen molar-refractivity contribution in [3.8, 4) is 11.3 Å². The SMILES string of the molecule is O=C1C(=O)N(Cc2ccco2)C(=O)N1Cc1cc(-c2ccccc2)on1. The molecule has 8 heteroatoms. The molecule has 4 amide bonds. The summed E-state index contributed by atoms with van der Waals surface area (Å²) in [5.74, 6) is -0.864. The minimum Gasteiger partial charge on any atom is -0.467 e. The molecule has 0 atom stereocenters. The number of nitrogens with zero attached hydrogens (tertiary/aromatic N) is 3. The van der Waals surface area contributed by atoms with Gasteiger partial charge in [-0.05, 0) is 12.1 Å². The van der Waals surface area contributed by atoms with Crippen molar-refractivity contribution in [2.75, 3.05) is 0 Å². The van der Waals surface area contributed by atoms with Crippen molar-refractivity contribution in [2.45, 2.75) is 13.1 Å². The molecule has 1 aliphatic heterocycles. The number of rotatable bonds is 5. The zero-order valence-corrected chi connectivity index (χ0v) is 13.5. The molecule has 0 unspecified atom stereocenters. The van der Waals surface area contributed by atoms with Gasteiger partial charge in [-0.15, -0.1) is 0 Å². The fourth-order valence-electron chi connectivity index (χ4n) is 2.67. The van der Waals surface area contributed by atoms with Crippen LogP contribution in [0.5, 0.6) is 0 Å². The topological polar surface area (TPSA) is 96.9 Å². The molecule has 0 aliphatic carbocycles. The van der Waals surface area contributed by atoms with E-state index in [4.69, 9.17) is 8.94 Å². The third-order valence-corrected chi connectivity index (χ3v) is 3.97. The van der Waals surface area contributed by atoms with Crippen LogP contribution in [0.3, 0.4) is 0 Å². The maximum Gasteiger partial charge on any atom is 0.335 e. The molecule has 130 valence electrons. The summed E-state index contributed by atoms with van der Waals surface area (Å²) in [6.07, 6.45) is 1.43.